The van der Waals surface area contributed by atoms with Crippen molar-refractivity contribution in [2.45, 2.75) is 25.7 Å². The highest BCUT2D eigenvalue weighted by molar-refractivity contribution is 5.96. The molecule has 1 N–H and O–H groups in total. The van der Waals surface area contributed by atoms with Crippen LogP contribution in [0.25, 0.3) is 5.57 Å². The summed E-state index contributed by atoms with van der Waals surface area (Å²) in [5, 5.41) is 18.0. The van der Waals surface area contributed by atoms with E-state index < -0.39 is 5.97 Å². The molecule has 0 fully saturated rings. The van der Waals surface area contributed by atoms with Crippen LogP contribution in [-0.2, 0) is 4.79 Å². The maximum absolute atomic E-state index is 11.2. The van der Waals surface area contributed by atoms with Crippen LogP contribution in [0.2, 0.25) is 0 Å². The number of benzene rings is 1. The van der Waals surface area contributed by atoms with Gasteiger partial charge in [-0.2, -0.15) is 5.26 Å². The minimum atomic E-state index is -0.831. The van der Waals surface area contributed by atoms with Crippen molar-refractivity contribution >= 4 is 11.5 Å². The van der Waals surface area contributed by atoms with Crippen LogP contribution in [-0.4, -0.2) is 11.1 Å². The number of aliphatic carboxylic acids is 1. The fraction of sp³-hybridized carbons (Fsp3) is 0.286. The lowest BCUT2D eigenvalue weighted by atomic mass is 9.87. The second-order valence-electron chi connectivity index (χ2n) is 4.16. The van der Waals surface area contributed by atoms with Gasteiger partial charge in [0.2, 0.25) is 0 Å². The molecule has 0 aromatic heterocycles. The lowest BCUT2D eigenvalue weighted by molar-refractivity contribution is -0.132. The predicted octanol–water partition coefficient (Wildman–Crippen LogP) is 2.97. The summed E-state index contributed by atoms with van der Waals surface area (Å²) in [5.74, 6) is -0.831. The minimum Gasteiger partial charge on any atom is -0.478 e. The zero-order chi connectivity index (χ0) is 12.3. The maximum atomic E-state index is 11.2. The standard InChI is InChI=1S/C14H13NO2/c15-9-10-4-3-5-11(8-10)12-6-1-2-7-13(12)14(16)17/h3-5,8H,1-2,6-7H2,(H,16,17). The average molecular weight is 227 g/mol. The number of carboxylic acid groups (broad SMARTS) is 1. The first-order valence-corrected chi connectivity index (χ1v) is 5.68. The van der Waals surface area contributed by atoms with Crippen LogP contribution in [0, 0.1) is 11.3 Å². The molecule has 0 aliphatic heterocycles. The molecule has 3 nitrogen and oxygen atoms in total. The van der Waals surface area contributed by atoms with Crippen molar-refractivity contribution in [3.05, 3.63) is 41.0 Å². The van der Waals surface area contributed by atoms with Gasteiger partial charge >= 0.3 is 5.97 Å². The Labute approximate surface area is 100 Å². The van der Waals surface area contributed by atoms with E-state index in [1.54, 1.807) is 18.2 Å². The van der Waals surface area contributed by atoms with Gasteiger partial charge in [0.15, 0.2) is 0 Å². The summed E-state index contributed by atoms with van der Waals surface area (Å²) < 4.78 is 0. The van der Waals surface area contributed by atoms with Gasteiger partial charge in [-0.1, -0.05) is 12.1 Å². The molecule has 3 heteroatoms. The van der Waals surface area contributed by atoms with Gasteiger partial charge in [-0.3, -0.25) is 0 Å². The summed E-state index contributed by atoms with van der Waals surface area (Å²) in [4.78, 5) is 11.2. The first-order chi connectivity index (χ1) is 8.22. The van der Waals surface area contributed by atoms with Crippen molar-refractivity contribution in [1.82, 2.24) is 0 Å². The van der Waals surface area contributed by atoms with Crippen molar-refractivity contribution in [3.63, 3.8) is 0 Å². The molecule has 0 heterocycles. The molecule has 0 unspecified atom stereocenters. The molecule has 1 aromatic carbocycles. The van der Waals surface area contributed by atoms with Crippen LogP contribution in [0.3, 0.4) is 0 Å². The normalized spacial score (nSPS) is 15.5. The van der Waals surface area contributed by atoms with Crippen molar-refractivity contribution in [2.75, 3.05) is 0 Å². The lowest BCUT2D eigenvalue weighted by Crippen LogP contribution is -2.08. The summed E-state index contributed by atoms with van der Waals surface area (Å²) in [7, 11) is 0. The monoisotopic (exact) mass is 227 g/mol. The highest BCUT2D eigenvalue weighted by atomic mass is 16.4. The summed E-state index contributed by atoms with van der Waals surface area (Å²) >= 11 is 0. The van der Waals surface area contributed by atoms with E-state index in [2.05, 4.69) is 6.07 Å². The third-order valence-electron chi connectivity index (χ3n) is 3.07. The molecule has 0 saturated heterocycles. The van der Waals surface area contributed by atoms with Gasteiger partial charge in [0.05, 0.1) is 11.6 Å². The fourth-order valence-corrected chi connectivity index (χ4v) is 2.24. The Bertz CT molecular complexity index is 523. The van der Waals surface area contributed by atoms with Crippen molar-refractivity contribution in [2.24, 2.45) is 0 Å². The van der Waals surface area contributed by atoms with Crippen LogP contribution >= 0.6 is 0 Å². The Kier molecular flexibility index (Phi) is 3.24. The molecule has 2 rings (SSSR count). The van der Waals surface area contributed by atoms with Crippen molar-refractivity contribution < 1.29 is 9.90 Å². The minimum absolute atomic E-state index is 0.506. The largest absolute Gasteiger partial charge is 0.478 e. The van der Waals surface area contributed by atoms with E-state index in [9.17, 15) is 9.90 Å². The summed E-state index contributed by atoms with van der Waals surface area (Å²) in [6.45, 7) is 0. The first kappa shape index (κ1) is 11.4. The zero-order valence-corrected chi connectivity index (χ0v) is 9.44. The zero-order valence-electron chi connectivity index (χ0n) is 9.44. The Hall–Kier alpha value is -2.08. The Morgan fingerprint density at radius 3 is 2.76 bits per heavy atom. The molecule has 17 heavy (non-hydrogen) atoms. The number of nitriles is 1. The number of carboxylic acids is 1. The molecule has 0 atom stereocenters. The quantitative estimate of drug-likeness (QED) is 0.844. The second kappa shape index (κ2) is 4.84. The van der Waals surface area contributed by atoms with E-state index >= 15 is 0 Å². The van der Waals surface area contributed by atoms with Gasteiger partial charge in [0.25, 0.3) is 0 Å². The van der Waals surface area contributed by atoms with E-state index in [4.69, 9.17) is 5.26 Å². The Morgan fingerprint density at radius 2 is 2.06 bits per heavy atom. The van der Waals surface area contributed by atoms with E-state index in [-0.39, 0.29) is 0 Å². The molecule has 0 radical (unpaired) electrons. The van der Waals surface area contributed by atoms with Gasteiger partial charge in [-0.25, -0.2) is 4.79 Å². The molecule has 1 aliphatic carbocycles. The predicted molar refractivity (Wildman–Crippen MR) is 64.2 cm³/mol. The first-order valence-electron chi connectivity index (χ1n) is 5.68. The molecular weight excluding hydrogens is 214 g/mol. The smallest absolute Gasteiger partial charge is 0.331 e. The number of nitrogens with zero attached hydrogens (tertiary/aromatic N) is 1. The van der Waals surface area contributed by atoms with Gasteiger partial charge in [-0.05, 0) is 49.0 Å². The number of allylic oxidation sites excluding steroid dienone is 1. The van der Waals surface area contributed by atoms with E-state index in [0.29, 0.717) is 17.6 Å². The number of rotatable bonds is 2. The molecule has 0 amide bonds. The van der Waals surface area contributed by atoms with Gasteiger partial charge in [0, 0.05) is 5.57 Å². The topological polar surface area (TPSA) is 61.1 Å². The Balaban J connectivity index is 2.49. The molecule has 0 bridgehead atoms. The van der Waals surface area contributed by atoms with Gasteiger partial charge in [0.1, 0.15) is 0 Å². The second-order valence-corrected chi connectivity index (χ2v) is 4.16. The van der Waals surface area contributed by atoms with E-state index in [1.165, 1.54) is 0 Å². The molecule has 1 aromatic rings. The van der Waals surface area contributed by atoms with Crippen LogP contribution in [0.4, 0.5) is 0 Å². The third-order valence-corrected chi connectivity index (χ3v) is 3.07. The van der Waals surface area contributed by atoms with Gasteiger partial charge in [-0.15, -0.1) is 0 Å². The summed E-state index contributed by atoms with van der Waals surface area (Å²) in [5.41, 5.74) is 2.85. The van der Waals surface area contributed by atoms with Gasteiger partial charge < -0.3 is 5.11 Å². The lowest BCUT2D eigenvalue weighted by Gasteiger charge is -2.18. The fourth-order valence-electron chi connectivity index (χ4n) is 2.24. The number of hydrogen-bond donors (Lipinski definition) is 1. The molecule has 0 saturated carbocycles. The molecule has 86 valence electrons. The van der Waals surface area contributed by atoms with Crippen molar-refractivity contribution in [3.8, 4) is 6.07 Å². The number of hydrogen-bond acceptors (Lipinski definition) is 2. The maximum Gasteiger partial charge on any atom is 0.331 e. The molecular formula is C14H13NO2. The van der Waals surface area contributed by atoms with Crippen molar-refractivity contribution in [1.29, 1.82) is 5.26 Å². The van der Waals surface area contributed by atoms with Crippen LogP contribution in [0.1, 0.15) is 36.8 Å². The van der Waals surface area contributed by atoms with E-state index in [1.807, 2.05) is 6.07 Å². The summed E-state index contributed by atoms with van der Waals surface area (Å²) in [6.07, 6.45) is 3.37. The van der Waals surface area contributed by atoms with Crippen LogP contribution < -0.4 is 0 Å². The van der Waals surface area contributed by atoms with Crippen LogP contribution in [0.15, 0.2) is 29.8 Å². The third kappa shape index (κ3) is 2.36. The highest BCUT2D eigenvalue weighted by Crippen LogP contribution is 2.32. The summed E-state index contributed by atoms with van der Waals surface area (Å²) in [6, 6.07) is 9.26. The Morgan fingerprint density at radius 1 is 1.29 bits per heavy atom. The number of carbonyl (C=O) groups is 1. The highest BCUT2D eigenvalue weighted by Gasteiger charge is 2.19. The molecule has 1 aliphatic rings. The van der Waals surface area contributed by atoms with E-state index in [0.717, 1.165) is 30.4 Å². The van der Waals surface area contributed by atoms with Crippen LogP contribution in [0.5, 0.6) is 0 Å². The SMILES string of the molecule is N#Cc1cccc(C2=C(C(=O)O)CCCC2)c1. The average Bonchev–Trinajstić information content (AvgIpc) is 2.39. The molecule has 0 spiro atoms.